The molecule has 1 atom stereocenters. The van der Waals surface area contributed by atoms with Gasteiger partial charge in [-0.15, -0.1) is 0 Å². The molecule has 1 amide bonds. The zero-order valence-electron chi connectivity index (χ0n) is 10.9. The van der Waals surface area contributed by atoms with Gasteiger partial charge in [-0.05, 0) is 40.2 Å². The minimum absolute atomic E-state index is 0.0728. The van der Waals surface area contributed by atoms with E-state index in [9.17, 15) is 4.79 Å². The summed E-state index contributed by atoms with van der Waals surface area (Å²) in [5.41, 5.74) is -0.249. The Morgan fingerprint density at radius 1 is 1.50 bits per heavy atom. The fraction of sp³-hybridized carbons (Fsp3) is 0.917. The van der Waals surface area contributed by atoms with Gasteiger partial charge < -0.3 is 15.0 Å². The number of amides is 1. The van der Waals surface area contributed by atoms with Crippen LogP contribution >= 0.6 is 0 Å². The quantitative estimate of drug-likeness (QED) is 0.784. The molecule has 4 nitrogen and oxygen atoms in total. The second-order valence-corrected chi connectivity index (χ2v) is 5.41. The van der Waals surface area contributed by atoms with Crippen LogP contribution in [0, 0.1) is 0 Å². The van der Waals surface area contributed by atoms with Crippen LogP contribution in [0.5, 0.6) is 0 Å². The van der Waals surface area contributed by atoms with Crippen molar-refractivity contribution < 1.29 is 9.53 Å². The average Bonchev–Trinajstić information content (AvgIpc) is 2.25. The van der Waals surface area contributed by atoms with Crippen molar-refractivity contribution >= 4 is 5.91 Å². The number of ether oxygens (including phenoxy) is 1. The third kappa shape index (κ3) is 4.49. The number of likely N-dealkylation sites (N-methyl/N-ethyl adjacent to an activating group) is 1. The van der Waals surface area contributed by atoms with Crippen LogP contribution in [0.1, 0.15) is 33.6 Å². The molecule has 0 bridgehead atoms. The van der Waals surface area contributed by atoms with Crippen LogP contribution in [0.25, 0.3) is 0 Å². The lowest BCUT2D eigenvalue weighted by atomic mass is 10.1. The average molecular weight is 228 g/mol. The van der Waals surface area contributed by atoms with E-state index in [1.54, 1.807) is 0 Å². The summed E-state index contributed by atoms with van der Waals surface area (Å²) < 4.78 is 5.49. The summed E-state index contributed by atoms with van der Waals surface area (Å²) in [6, 6.07) is 0.324. The summed E-state index contributed by atoms with van der Waals surface area (Å²) in [5, 5.41) is 3.31. The van der Waals surface area contributed by atoms with Gasteiger partial charge in [-0.25, -0.2) is 0 Å². The Hall–Kier alpha value is -0.610. The van der Waals surface area contributed by atoms with Crippen LogP contribution in [0.4, 0.5) is 0 Å². The van der Waals surface area contributed by atoms with Crippen molar-refractivity contribution in [2.45, 2.75) is 45.3 Å². The van der Waals surface area contributed by atoms with E-state index >= 15 is 0 Å². The molecule has 4 heteroatoms. The summed E-state index contributed by atoms with van der Waals surface area (Å²) in [4.78, 5) is 13.7. The molecular weight excluding hydrogens is 204 g/mol. The van der Waals surface area contributed by atoms with Crippen LogP contribution in [0.3, 0.4) is 0 Å². The molecule has 1 heterocycles. The van der Waals surface area contributed by atoms with Crippen LogP contribution in [0.2, 0.25) is 0 Å². The maximum absolute atomic E-state index is 11.9. The summed E-state index contributed by atoms with van der Waals surface area (Å²) in [5.74, 6) is 0.0728. The molecule has 0 aromatic heterocycles. The van der Waals surface area contributed by atoms with Crippen molar-refractivity contribution in [3.63, 3.8) is 0 Å². The number of carbonyl (C=O) groups is 1. The van der Waals surface area contributed by atoms with E-state index in [1.807, 2.05) is 32.7 Å². The van der Waals surface area contributed by atoms with Crippen LogP contribution in [-0.2, 0) is 9.53 Å². The molecule has 0 aliphatic carbocycles. The van der Waals surface area contributed by atoms with Crippen LogP contribution < -0.4 is 5.32 Å². The number of nitrogens with zero attached hydrogens (tertiary/aromatic N) is 1. The van der Waals surface area contributed by atoms with Crippen molar-refractivity contribution in [2.24, 2.45) is 0 Å². The Kier molecular flexibility index (Phi) is 4.74. The monoisotopic (exact) mass is 228 g/mol. The highest BCUT2D eigenvalue weighted by molar-refractivity contribution is 5.77. The lowest BCUT2D eigenvalue weighted by Crippen LogP contribution is -2.48. The van der Waals surface area contributed by atoms with Crippen molar-refractivity contribution in [1.82, 2.24) is 10.2 Å². The molecule has 1 saturated heterocycles. The first-order chi connectivity index (χ1) is 7.40. The molecule has 1 N–H and O–H groups in total. The maximum atomic E-state index is 11.9. The highest BCUT2D eigenvalue weighted by Gasteiger charge is 2.23. The third-order valence-electron chi connectivity index (χ3n) is 2.84. The molecule has 16 heavy (non-hydrogen) atoms. The SMILES string of the molecule is CN(C(=O)COC(C)(C)C)C1CCCNC1. The molecule has 1 rings (SSSR count). The normalized spacial score (nSPS) is 21.9. The van der Waals surface area contributed by atoms with E-state index in [0.717, 1.165) is 25.9 Å². The smallest absolute Gasteiger partial charge is 0.248 e. The Morgan fingerprint density at radius 2 is 2.19 bits per heavy atom. The molecule has 1 aliphatic rings. The summed E-state index contributed by atoms with van der Waals surface area (Å²) in [7, 11) is 1.87. The van der Waals surface area contributed by atoms with Crippen LogP contribution in [0.15, 0.2) is 0 Å². The first-order valence-corrected chi connectivity index (χ1v) is 6.00. The van der Waals surface area contributed by atoms with E-state index in [1.165, 1.54) is 0 Å². The van der Waals surface area contributed by atoms with Crippen molar-refractivity contribution in [3.05, 3.63) is 0 Å². The van der Waals surface area contributed by atoms with Gasteiger partial charge in [0.2, 0.25) is 5.91 Å². The van der Waals surface area contributed by atoms with Gasteiger partial charge in [0.15, 0.2) is 0 Å². The van der Waals surface area contributed by atoms with E-state index in [4.69, 9.17) is 4.74 Å². The van der Waals surface area contributed by atoms with Gasteiger partial charge in [0.1, 0.15) is 6.61 Å². The lowest BCUT2D eigenvalue weighted by molar-refractivity contribution is -0.142. The minimum atomic E-state index is -0.249. The number of nitrogens with one attached hydrogen (secondary N) is 1. The Bertz CT molecular complexity index is 230. The van der Waals surface area contributed by atoms with Gasteiger partial charge in [0, 0.05) is 19.6 Å². The molecule has 1 fully saturated rings. The van der Waals surface area contributed by atoms with Gasteiger partial charge in [-0.2, -0.15) is 0 Å². The highest BCUT2D eigenvalue weighted by atomic mass is 16.5. The third-order valence-corrected chi connectivity index (χ3v) is 2.84. The van der Waals surface area contributed by atoms with E-state index < -0.39 is 0 Å². The molecule has 0 radical (unpaired) electrons. The molecule has 94 valence electrons. The Morgan fingerprint density at radius 3 is 2.69 bits per heavy atom. The highest BCUT2D eigenvalue weighted by Crippen LogP contribution is 2.11. The molecule has 0 aromatic carbocycles. The largest absolute Gasteiger partial charge is 0.366 e. The Labute approximate surface area is 98.3 Å². The second-order valence-electron chi connectivity index (χ2n) is 5.41. The lowest BCUT2D eigenvalue weighted by Gasteiger charge is -2.32. The van der Waals surface area contributed by atoms with Gasteiger partial charge in [-0.3, -0.25) is 4.79 Å². The first kappa shape index (κ1) is 13.5. The standard InChI is InChI=1S/C12H24N2O2/c1-12(2,3)16-9-11(15)14(4)10-6-5-7-13-8-10/h10,13H,5-9H2,1-4H3. The summed E-state index contributed by atoms with van der Waals surface area (Å²) in [6.45, 7) is 8.03. The molecule has 0 spiro atoms. The van der Waals surface area contributed by atoms with Crippen molar-refractivity contribution in [2.75, 3.05) is 26.7 Å². The topological polar surface area (TPSA) is 41.6 Å². The summed E-state index contributed by atoms with van der Waals surface area (Å²) in [6.07, 6.45) is 2.23. The zero-order chi connectivity index (χ0) is 12.2. The maximum Gasteiger partial charge on any atom is 0.248 e. The number of hydrogen-bond acceptors (Lipinski definition) is 3. The molecule has 0 saturated carbocycles. The minimum Gasteiger partial charge on any atom is -0.366 e. The van der Waals surface area contributed by atoms with E-state index in [0.29, 0.717) is 6.04 Å². The number of hydrogen-bond donors (Lipinski definition) is 1. The number of piperidine rings is 1. The summed E-state index contributed by atoms with van der Waals surface area (Å²) >= 11 is 0. The fourth-order valence-electron chi connectivity index (χ4n) is 1.75. The van der Waals surface area contributed by atoms with Crippen molar-refractivity contribution in [3.8, 4) is 0 Å². The predicted octanol–water partition coefficient (Wildman–Crippen LogP) is 1.01. The van der Waals surface area contributed by atoms with Crippen molar-refractivity contribution in [1.29, 1.82) is 0 Å². The van der Waals surface area contributed by atoms with Gasteiger partial charge in [-0.1, -0.05) is 0 Å². The second kappa shape index (κ2) is 5.64. The van der Waals surface area contributed by atoms with Gasteiger partial charge in [0.25, 0.3) is 0 Å². The molecule has 0 aromatic rings. The molecular formula is C12H24N2O2. The predicted molar refractivity (Wildman–Crippen MR) is 64.4 cm³/mol. The molecule has 1 aliphatic heterocycles. The van der Waals surface area contributed by atoms with Crippen LogP contribution in [-0.4, -0.2) is 49.2 Å². The Balaban J connectivity index is 2.34. The fourth-order valence-corrected chi connectivity index (χ4v) is 1.75. The van der Waals surface area contributed by atoms with Gasteiger partial charge in [0.05, 0.1) is 5.60 Å². The van der Waals surface area contributed by atoms with E-state index in [2.05, 4.69) is 5.32 Å². The molecule has 1 unspecified atom stereocenters. The van der Waals surface area contributed by atoms with E-state index in [-0.39, 0.29) is 18.1 Å². The number of rotatable bonds is 3. The zero-order valence-corrected chi connectivity index (χ0v) is 10.9. The number of carbonyl (C=O) groups excluding carboxylic acids is 1. The first-order valence-electron chi connectivity index (χ1n) is 6.00. The van der Waals surface area contributed by atoms with Gasteiger partial charge >= 0.3 is 0 Å².